The zero-order valence-electron chi connectivity index (χ0n) is 51.1. The van der Waals surface area contributed by atoms with Crippen LogP contribution in [0.25, 0.3) is 10.9 Å². The number of aromatic amines is 1. The third-order valence-corrected chi connectivity index (χ3v) is 14.8. The van der Waals surface area contributed by atoms with Gasteiger partial charge in [-0.05, 0) is 77.3 Å². The SMILES string of the molecule is C[C@H](NC(=O)CNC(=O)[C@@H]1CCCN1C(=O)[C@@H](N)Cc1c[nH]c2ccccc12)C(=O)N[C@@H](CC(N)=O)C(=O)N[C@@H](CC(=O)O)C(=O)N[C@@H](CC(N)=O)C(=O)N[C@H](C(=O)N[C@@H](CC(N)=O)C(=O)N[C@@H](CCCN=C(N)N)C(=O)N[C@@H](C)C(=O)N1CCC[C@H]1C(=O)O)[C@@H](C)O. The molecule has 2 aliphatic rings. The fraction of sp³-hybridized carbons (Fsp3) is 0.545. The molecule has 2 saturated heterocycles. The number of amides is 14. The highest BCUT2D eigenvalue weighted by atomic mass is 16.4. The molecule has 0 radical (unpaired) electrons. The Kier molecular flexibility index (Phi) is 28.3. The third-order valence-electron chi connectivity index (χ3n) is 14.8. The number of aliphatic hydroxyl groups excluding tert-OH is 1. The molecule has 2 fully saturated rings. The second-order valence-electron chi connectivity index (χ2n) is 22.2. The molecule has 1 aromatic heterocycles. The third kappa shape index (κ3) is 23.0. The molecule has 2 aromatic rings. The Hall–Kier alpha value is -10.5. The average molecular weight is 1310 g/mol. The predicted octanol–water partition coefficient (Wildman–Crippen LogP) is -9.33. The Morgan fingerprint density at radius 3 is 1.60 bits per heavy atom. The summed E-state index contributed by atoms with van der Waals surface area (Å²) in [6, 6.07) is -10.7. The summed E-state index contributed by atoms with van der Waals surface area (Å²) >= 11 is 0. The van der Waals surface area contributed by atoms with Gasteiger partial charge >= 0.3 is 11.9 Å². The van der Waals surface area contributed by atoms with Crippen LogP contribution in [0.5, 0.6) is 0 Å². The van der Waals surface area contributed by atoms with E-state index in [0.29, 0.717) is 12.8 Å². The number of carboxylic acids is 2. The lowest BCUT2D eigenvalue weighted by atomic mass is 10.0. The second-order valence-corrected chi connectivity index (χ2v) is 22.2. The van der Waals surface area contributed by atoms with E-state index >= 15 is 0 Å². The number of H-pyrrole nitrogens is 1. The number of nitrogens with one attached hydrogen (secondary N) is 10. The molecule has 0 unspecified atom stereocenters. The summed E-state index contributed by atoms with van der Waals surface area (Å²) in [5.74, 6) is -19.3. The van der Waals surface area contributed by atoms with Crippen molar-refractivity contribution in [2.45, 2.75) is 164 Å². The number of carbonyl (C=O) groups is 16. The van der Waals surface area contributed by atoms with E-state index in [1.807, 2.05) is 40.2 Å². The fourth-order valence-electron chi connectivity index (χ4n) is 10.1. The van der Waals surface area contributed by atoms with Crippen LogP contribution in [0.1, 0.15) is 90.5 Å². The average Bonchev–Trinajstić information content (AvgIpc) is 1.79. The molecule has 0 saturated carbocycles. The largest absolute Gasteiger partial charge is 0.481 e. The lowest BCUT2D eigenvalue weighted by Gasteiger charge is -2.28. The molecule has 25 N–H and O–H groups in total. The summed E-state index contributed by atoms with van der Waals surface area (Å²) in [6.07, 6.45) is -3.40. The number of aliphatic imine (C=N–C) groups is 1. The van der Waals surface area contributed by atoms with Gasteiger partial charge in [-0.1, -0.05) is 18.2 Å². The maximum absolute atomic E-state index is 13.9. The van der Waals surface area contributed by atoms with E-state index in [0.717, 1.165) is 35.2 Å². The number of carbonyl (C=O) groups excluding carboxylic acids is 14. The maximum Gasteiger partial charge on any atom is 0.326 e. The van der Waals surface area contributed by atoms with E-state index in [2.05, 4.69) is 41.9 Å². The van der Waals surface area contributed by atoms with Crippen molar-refractivity contribution in [3.8, 4) is 0 Å². The van der Waals surface area contributed by atoms with E-state index in [4.69, 9.17) is 34.4 Å². The number of aromatic nitrogens is 1. The molecule has 38 nitrogen and oxygen atoms in total. The minimum absolute atomic E-state index is 0.00242. The number of carboxylic acid groups (broad SMARTS) is 2. The smallest absolute Gasteiger partial charge is 0.326 e. The molecule has 12 atom stereocenters. The summed E-state index contributed by atoms with van der Waals surface area (Å²) in [4.78, 5) is 219. The van der Waals surface area contributed by atoms with Gasteiger partial charge in [0.2, 0.25) is 82.7 Å². The Balaban J connectivity index is 1.41. The minimum Gasteiger partial charge on any atom is -0.481 e. The summed E-state index contributed by atoms with van der Waals surface area (Å²) in [7, 11) is 0. The Morgan fingerprint density at radius 1 is 0.591 bits per heavy atom. The molecule has 1 aromatic carbocycles. The van der Waals surface area contributed by atoms with Crippen molar-refractivity contribution in [2.75, 3.05) is 26.2 Å². The van der Waals surface area contributed by atoms with Gasteiger partial charge < -0.3 is 112 Å². The molecule has 0 bridgehead atoms. The quantitative estimate of drug-likeness (QED) is 0.0171. The van der Waals surface area contributed by atoms with Crippen LogP contribution >= 0.6 is 0 Å². The minimum atomic E-state index is -2.22. The number of fused-ring (bicyclic) bond motifs is 1. The van der Waals surface area contributed by atoms with E-state index in [9.17, 15) is 92.0 Å². The van der Waals surface area contributed by atoms with E-state index in [1.54, 1.807) is 6.20 Å². The highest BCUT2D eigenvalue weighted by Crippen LogP contribution is 2.23. The van der Waals surface area contributed by atoms with Crippen molar-refractivity contribution in [1.82, 2.24) is 62.6 Å². The van der Waals surface area contributed by atoms with Crippen molar-refractivity contribution in [2.24, 2.45) is 39.4 Å². The van der Waals surface area contributed by atoms with Crippen LogP contribution < -0.4 is 82.3 Å². The molecular formula is C55H81N19O19. The first-order valence-electron chi connectivity index (χ1n) is 29.3. The number of hydrogen-bond acceptors (Lipinski definition) is 19. The highest BCUT2D eigenvalue weighted by molar-refractivity contribution is 6.02. The number of aliphatic carboxylic acids is 2. The van der Waals surface area contributed by atoms with Crippen LogP contribution in [0, 0.1) is 0 Å². The first kappa shape index (κ1) is 74.9. The van der Waals surface area contributed by atoms with E-state index in [-0.39, 0.29) is 57.7 Å². The Labute approximate surface area is 530 Å². The van der Waals surface area contributed by atoms with Gasteiger partial charge in [-0.25, -0.2) is 4.79 Å². The van der Waals surface area contributed by atoms with Crippen LogP contribution in [0.15, 0.2) is 35.5 Å². The van der Waals surface area contributed by atoms with Gasteiger partial charge in [0.15, 0.2) is 5.96 Å². The predicted molar refractivity (Wildman–Crippen MR) is 322 cm³/mol. The molecule has 510 valence electrons. The normalized spacial score (nSPS) is 17.5. The maximum atomic E-state index is 13.9. The number of para-hydroxylation sites is 1. The van der Waals surface area contributed by atoms with Crippen LogP contribution in [0.4, 0.5) is 0 Å². The van der Waals surface area contributed by atoms with Crippen molar-refractivity contribution < 1.29 is 92.0 Å². The van der Waals surface area contributed by atoms with Crippen LogP contribution in [0.3, 0.4) is 0 Å². The number of rotatable bonds is 36. The number of benzene rings is 1. The lowest BCUT2D eigenvalue weighted by molar-refractivity contribution is -0.149. The number of hydrogen-bond donors (Lipinski definition) is 19. The Morgan fingerprint density at radius 2 is 1.08 bits per heavy atom. The van der Waals surface area contributed by atoms with Gasteiger partial charge in [-0.3, -0.25) is 76.9 Å². The second kappa shape index (κ2) is 35.2. The fourth-order valence-corrected chi connectivity index (χ4v) is 10.1. The highest BCUT2D eigenvalue weighted by Gasteiger charge is 2.41. The number of nitrogens with two attached hydrogens (primary N) is 6. The number of likely N-dealkylation sites (tertiary alicyclic amines) is 2. The molecule has 4 rings (SSSR count). The summed E-state index contributed by atoms with van der Waals surface area (Å²) in [5, 5.41) is 50.6. The van der Waals surface area contributed by atoms with Crippen molar-refractivity contribution >= 4 is 112 Å². The Bertz CT molecular complexity index is 3190. The van der Waals surface area contributed by atoms with Crippen molar-refractivity contribution in [1.29, 1.82) is 0 Å². The number of aliphatic hydroxyl groups is 1. The van der Waals surface area contributed by atoms with Crippen LogP contribution in [-0.2, 0) is 83.1 Å². The molecule has 2 aliphatic heterocycles. The van der Waals surface area contributed by atoms with Gasteiger partial charge in [0, 0.05) is 36.7 Å². The van der Waals surface area contributed by atoms with E-state index < -0.39 is 199 Å². The van der Waals surface area contributed by atoms with Crippen LogP contribution in [-0.4, -0.2) is 229 Å². The number of guanidine groups is 1. The molecule has 93 heavy (non-hydrogen) atoms. The number of nitrogens with zero attached hydrogens (tertiary/aromatic N) is 3. The zero-order valence-corrected chi connectivity index (χ0v) is 51.1. The lowest BCUT2D eigenvalue weighted by Crippen LogP contribution is -2.62. The first-order valence-corrected chi connectivity index (χ1v) is 29.3. The standard InChI is InChI=1S/C55H81N19O19/c1-24(65-41(79)23-64-50(88)36-12-7-15-73(36)53(91)29(56)17-27-22-63-30-10-5-4-9-28(27)30)44(82)68-32(18-38(57)76)47(85)70-35(21-42(80)81)48(86)69-34(20-40(59)78)49(87)72-43(26(3)75)51(89)71-33(19-39(58)77)46(84)67-31(11-6-14-62-55(60)61)45(83)66-25(2)52(90)74-16-8-13-37(74)54(92)93/h4-5,9-10,22,24-26,29,31-37,43,63,75H,6-8,11-21,23,56H2,1-3H3,(H2,57,76)(H2,58,77)(H2,59,78)(H,64,88)(H,65,79)(H,66,83)(H,67,84)(H,68,82)(H,69,86)(H,70,85)(H,71,89)(H,72,87)(H,80,81)(H,92,93)(H4,60,61,62)/t24-,25-,26+,29-,31-,32-,33-,34-,35-,36-,37-,43-/m0/s1. The zero-order chi connectivity index (χ0) is 69.6. The molecule has 14 amide bonds. The van der Waals surface area contributed by atoms with Crippen molar-refractivity contribution in [3.63, 3.8) is 0 Å². The van der Waals surface area contributed by atoms with Gasteiger partial charge in [-0.15, -0.1) is 0 Å². The van der Waals surface area contributed by atoms with E-state index in [1.165, 1.54) is 11.8 Å². The van der Waals surface area contributed by atoms with Gasteiger partial charge in [-0.2, -0.15) is 0 Å². The molecule has 3 heterocycles. The van der Waals surface area contributed by atoms with Gasteiger partial charge in [0.25, 0.3) is 0 Å². The van der Waals surface area contributed by atoms with Crippen LogP contribution in [0.2, 0.25) is 0 Å². The number of primary amides is 3. The summed E-state index contributed by atoms with van der Waals surface area (Å²) in [5.41, 5.74) is 34.8. The molecule has 0 spiro atoms. The van der Waals surface area contributed by atoms with Gasteiger partial charge in [0.1, 0.15) is 60.4 Å². The van der Waals surface area contributed by atoms with Crippen molar-refractivity contribution in [3.05, 3.63) is 36.0 Å². The molecular weight excluding hydrogens is 1230 g/mol. The summed E-state index contributed by atoms with van der Waals surface area (Å²) in [6.45, 7) is 2.87. The molecule has 38 heteroatoms. The monoisotopic (exact) mass is 1310 g/mol. The molecule has 0 aliphatic carbocycles. The van der Waals surface area contributed by atoms with Gasteiger partial charge in [0.05, 0.1) is 44.4 Å². The first-order chi connectivity index (χ1) is 43.7. The topological polar surface area (TPSA) is 633 Å². The summed E-state index contributed by atoms with van der Waals surface area (Å²) < 4.78 is 0.